The van der Waals surface area contributed by atoms with Gasteiger partial charge in [0.25, 0.3) is 0 Å². The average molecular weight is 451 g/mol. The smallest absolute Gasteiger partial charge is 0.331 e. The van der Waals surface area contributed by atoms with Crippen molar-refractivity contribution in [2.75, 3.05) is 13.2 Å². The molecule has 0 aliphatic carbocycles. The van der Waals surface area contributed by atoms with Crippen molar-refractivity contribution >= 4 is 11.9 Å². The number of carbonyl (C=O) groups excluding carboxylic acids is 2. The standard InChI is InChI=1S/C25H38O7/c1-6-25(5,30)15-18(3)13-19(4)24-21(8-10-23(29)32-24)31-22(28)9-7-17(2)14-20(16-27)11-12-26/h6-10,14,18-21,24,26-27,30H,1,11-13,15-16H2,2-5H3/b9-7+,17-14+/t18-,19+,20-,21+,24-,25-/m1/s1. The lowest BCUT2D eigenvalue weighted by Gasteiger charge is -2.33. The van der Waals surface area contributed by atoms with Crippen molar-refractivity contribution < 1.29 is 34.4 Å². The summed E-state index contributed by atoms with van der Waals surface area (Å²) in [6.45, 7) is 10.9. The van der Waals surface area contributed by atoms with Crippen LogP contribution in [-0.4, -0.2) is 58.3 Å². The molecule has 0 bridgehead atoms. The van der Waals surface area contributed by atoms with Crippen LogP contribution in [0.1, 0.15) is 47.0 Å². The minimum atomic E-state index is -0.976. The number of allylic oxidation sites excluding steroid dienone is 2. The summed E-state index contributed by atoms with van der Waals surface area (Å²) in [6.07, 6.45) is 9.23. The molecular formula is C25H38O7. The highest BCUT2D eigenvalue weighted by Crippen LogP contribution is 2.29. The van der Waals surface area contributed by atoms with Crippen LogP contribution in [0.4, 0.5) is 0 Å². The molecule has 6 atom stereocenters. The molecule has 1 aliphatic rings. The van der Waals surface area contributed by atoms with Crippen molar-refractivity contribution in [2.45, 2.75) is 64.8 Å². The minimum absolute atomic E-state index is 0.0309. The summed E-state index contributed by atoms with van der Waals surface area (Å²) in [7, 11) is 0. The molecule has 7 heteroatoms. The van der Waals surface area contributed by atoms with Crippen molar-refractivity contribution in [3.05, 3.63) is 48.6 Å². The van der Waals surface area contributed by atoms with E-state index in [-0.39, 0.29) is 31.0 Å². The number of rotatable bonds is 13. The molecule has 32 heavy (non-hydrogen) atoms. The predicted molar refractivity (Wildman–Crippen MR) is 122 cm³/mol. The van der Waals surface area contributed by atoms with Crippen LogP contribution in [-0.2, 0) is 19.1 Å². The highest BCUT2D eigenvalue weighted by Gasteiger charge is 2.35. The Hall–Kier alpha value is -2.22. The fourth-order valence-corrected chi connectivity index (χ4v) is 3.90. The first-order chi connectivity index (χ1) is 15.0. The second kappa shape index (κ2) is 13.4. The highest BCUT2D eigenvalue weighted by atomic mass is 16.6. The van der Waals surface area contributed by atoms with Crippen LogP contribution in [0.15, 0.2) is 48.6 Å². The first kappa shape index (κ1) is 27.8. The van der Waals surface area contributed by atoms with Gasteiger partial charge in [0.05, 0.1) is 5.60 Å². The number of ether oxygens (including phenoxy) is 2. The third-order valence-corrected chi connectivity index (χ3v) is 5.50. The number of cyclic esters (lactones) is 1. The summed E-state index contributed by atoms with van der Waals surface area (Å²) in [5.41, 5.74) is -0.218. The van der Waals surface area contributed by atoms with Crippen LogP contribution >= 0.6 is 0 Å². The van der Waals surface area contributed by atoms with E-state index in [1.807, 2.05) is 13.8 Å². The Bertz CT molecular complexity index is 720. The van der Waals surface area contributed by atoms with E-state index in [9.17, 15) is 19.8 Å². The normalized spacial score (nSPS) is 23.8. The summed E-state index contributed by atoms with van der Waals surface area (Å²) in [5, 5.41) is 28.5. The minimum Gasteiger partial charge on any atom is -0.455 e. The molecule has 0 aromatic carbocycles. The zero-order chi connectivity index (χ0) is 24.3. The fraction of sp³-hybridized carbons (Fsp3) is 0.600. The van der Waals surface area contributed by atoms with Gasteiger partial charge >= 0.3 is 11.9 Å². The van der Waals surface area contributed by atoms with E-state index in [2.05, 4.69) is 6.58 Å². The molecule has 0 aromatic heterocycles. The Morgan fingerprint density at radius 1 is 1.34 bits per heavy atom. The first-order valence-corrected chi connectivity index (χ1v) is 11.0. The van der Waals surface area contributed by atoms with Gasteiger partial charge in [0.1, 0.15) is 6.10 Å². The summed E-state index contributed by atoms with van der Waals surface area (Å²) in [6, 6.07) is 0. The third kappa shape index (κ3) is 9.94. The maximum absolute atomic E-state index is 12.4. The van der Waals surface area contributed by atoms with Crippen LogP contribution in [0.2, 0.25) is 0 Å². The molecule has 0 unspecified atom stereocenters. The number of aliphatic hydroxyl groups is 3. The molecule has 0 radical (unpaired) electrons. The molecule has 1 aliphatic heterocycles. The van der Waals surface area contributed by atoms with Crippen LogP contribution < -0.4 is 0 Å². The number of carbonyl (C=O) groups is 2. The number of hydrogen-bond donors (Lipinski definition) is 3. The average Bonchev–Trinajstić information content (AvgIpc) is 2.72. The van der Waals surface area contributed by atoms with E-state index >= 15 is 0 Å². The van der Waals surface area contributed by atoms with E-state index in [1.165, 1.54) is 24.3 Å². The molecule has 0 spiro atoms. The predicted octanol–water partition coefficient (Wildman–Crippen LogP) is 2.86. The fourth-order valence-electron chi connectivity index (χ4n) is 3.90. The van der Waals surface area contributed by atoms with Crippen molar-refractivity contribution in [1.82, 2.24) is 0 Å². The molecule has 0 amide bonds. The summed E-state index contributed by atoms with van der Waals surface area (Å²) in [4.78, 5) is 24.2. The molecule has 1 rings (SSSR count). The molecule has 3 N–H and O–H groups in total. The van der Waals surface area contributed by atoms with Gasteiger partial charge in [-0.25, -0.2) is 9.59 Å². The second-order valence-electron chi connectivity index (χ2n) is 8.94. The van der Waals surface area contributed by atoms with E-state index < -0.39 is 29.7 Å². The van der Waals surface area contributed by atoms with Crippen LogP contribution in [0.25, 0.3) is 0 Å². The van der Waals surface area contributed by atoms with E-state index in [1.54, 1.807) is 26.0 Å². The summed E-state index contributed by atoms with van der Waals surface area (Å²) in [5.74, 6) is -1.21. The van der Waals surface area contributed by atoms with Crippen molar-refractivity contribution in [3.8, 4) is 0 Å². The van der Waals surface area contributed by atoms with E-state index in [0.29, 0.717) is 19.3 Å². The molecule has 1 heterocycles. The zero-order valence-electron chi connectivity index (χ0n) is 19.6. The van der Waals surface area contributed by atoms with Gasteiger partial charge in [0.15, 0.2) is 6.10 Å². The Morgan fingerprint density at radius 3 is 2.62 bits per heavy atom. The molecule has 180 valence electrons. The van der Waals surface area contributed by atoms with Gasteiger partial charge in [-0.2, -0.15) is 0 Å². The lowest BCUT2D eigenvalue weighted by molar-refractivity contribution is -0.164. The third-order valence-electron chi connectivity index (χ3n) is 5.50. The van der Waals surface area contributed by atoms with Crippen LogP contribution in [0.3, 0.4) is 0 Å². The number of esters is 2. The Morgan fingerprint density at radius 2 is 2.03 bits per heavy atom. The first-order valence-electron chi connectivity index (χ1n) is 11.0. The molecule has 0 fully saturated rings. The van der Waals surface area contributed by atoms with Gasteiger partial charge < -0.3 is 24.8 Å². The molecular weight excluding hydrogens is 412 g/mol. The summed E-state index contributed by atoms with van der Waals surface area (Å²) >= 11 is 0. The lowest BCUT2D eigenvalue weighted by atomic mass is 9.84. The topological polar surface area (TPSA) is 113 Å². The Kier molecular flexibility index (Phi) is 11.6. The van der Waals surface area contributed by atoms with Gasteiger partial charge in [-0.15, -0.1) is 6.58 Å². The van der Waals surface area contributed by atoms with E-state index in [4.69, 9.17) is 14.6 Å². The SMILES string of the molecule is C=C[C@@](C)(O)C[C@H](C)C[C@H](C)[C@H]1OC(=O)C=C[C@@H]1OC(=O)/C=C/C(C)=C/[C@H](CO)CCO. The maximum atomic E-state index is 12.4. The Balaban J connectivity index is 2.78. The maximum Gasteiger partial charge on any atom is 0.331 e. The summed E-state index contributed by atoms with van der Waals surface area (Å²) < 4.78 is 11.0. The lowest BCUT2D eigenvalue weighted by Crippen LogP contribution is -2.41. The molecule has 7 nitrogen and oxygen atoms in total. The number of hydrogen-bond acceptors (Lipinski definition) is 7. The number of aliphatic hydroxyl groups excluding tert-OH is 2. The van der Waals surface area contributed by atoms with Gasteiger partial charge in [-0.05, 0) is 51.0 Å². The van der Waals surface area contributed by atoms with Gasteiger partial charge in [0, 0.05) is 31.3 Å². The van der Waals surface area contributed by atoms with Crippen LogP contribution in [0.5, 0.6) is 0 Å². The largest absolute Gasteiger partial charge is 0.455 e. The second-order valence-corrected chi connectivity index (χ2v) is 8.94. The van der Waals surface area contributed by atoms with Crippen LogP contribution in [0, 0.1) is 17.8 Å². The van der Waals surface area contributed by atoms with Crippen molar-refractivity contribution in [3.63, 3.8) is 0 Å². The van der Waals surface area contributed by atoms with Gasteiger partial charge in [-0.1, -0.05) is 37.6 Å². The quantitative estimate of drug-likeness (QED) is 0.171. The van der Waals surface area contributed by atoms with Crippen molar-refractivity contribution in [1.29, 1.82) is 0 Å². The van der Waals surface area contributed by atoms with Crippen molar-refractivity contribution in [2.24, 2.45) is 17.8 Å². The molecule has 0 saturated heterocycles. The van der Waals surface area contributed by atoms with Gasteiger partial charge in [-0.3, -0.25) is 0 Å². The molecule has 0 saturated carbocycles. The molecule has 0 aromatic rings. The Labute approximate surface area is 191 Å². The van der Waals surface area contributed by atoms with E-state index in [0.717, 1.165) is 5.57 Å². The zero-order valence-corrected chi connectivity index (χ0v) is 19.6. The monoisotopic (exact) mass is 450 g/mol. The highest BCUT2D eigenvalue weighted by molar-refractivity contribution is 5.85. The van der Waals surface area contributed by atoms with Gasteiger partial charge in [0.2, 0.25) is 0 Å².